The second-order valence-electron chi connectivity index (χ2n) is 4.46. The van der Waals surface area contributed by atoms with E-state index in [4.69, 9.17) is 15.2 Å². The number of hydrogen-bond acceptors (Lipinski definition) is 5. The lowest BCUT2D eigenvalue weighted by Crippen LogP contribution is -2.35. The first kappa shape index (κ1) is 15.6. The predicted octanol–water partition coefficient (Wildman–Crippen LogP) is 1.64. The minimum atomic E-state index is -0.501. The molecule has 1 atom stereocenters. The molecule has 0 spiro atoms. The summed E-state index contributed by atoms with van der Waals surface area (Å²) in [5.74, 6) is 0.485. The van der Waals surface area contributed by atoms with E-state index in [2.05, 4.69) is 20.9 Å². The van der Waals surface area contributed by atoms with Gasteiger partial charge in [-0.2, -0.15) is 4.99 Å². The van der Waals surface area contributed by atoms with Gasteiger partial charge in [0.1, 0.15) is 11.9 Å². The quantitative estimate of drug-likeness (QED) is 0.834. The van der Waals surface area contributed by atoms with Crippen LogP contribution < -0.4 is 10.5 Å². The number of urea groups is 1. The molecule has 2 amide bonds. The fraction of sp³-hybridized carbons (Fsp3) is 0.385. The van der Waals surface area contributed by atoms with Crippen molar-refractivity contribution in [2.45, 2.75) is 6.04 Å². The SMILES string of the molecule is COCCN1C(=O)N=C(N)C1c1cc(Br)c(O)c(OC)c1. The van der Waals surface area contributed by atoms with Crippen LogP contribution in [0.4, 0.5) is 4.79 Å². The van der Waals surface area contributed by atoms with E-state index in [1.165, 1.54) is 12.0 Å². The number of aliphatic imine (C=N–C) groups is 1. The minimum Gasteiger partial charge on any atom is -0.503 e. The van der Waals surface area contributed by atoms with Crippen molar-refractivity contribution in [2.24, 2.45) is 10.7 Å². The van der Waals surface area contributed by atoms with Gasteiger partial charge in [-0.25, -0.2) is 4.79 Å². The highest BCUT2D eigenvalue weighted by Gasteiger charge is 2.35. The van der Waals surface area contributed by atoms with E-state index in [0.29, 0.717) is 28.9 Å². The number of rotatable bonds is 5. The highest BCUT2D eigenvalue weighted by Crippen LogP contribution is 2.39. The lowest BCUT2D eigenvalue weighted by molar-refractivity contribution is 0.150. The topological polar surface area (TPSA) is 97.4 Å². The summed E-state index contributed by atoms with van der Waals surface area (Å²) in [7, 11) is 3.01. The Labute approximate surface area is 130 Å². The zero-order chi connectivity index (χ0) is 15.6. The highest BCUT2D eigenvalue weighted by atomic mass is 79.9. The summed E-state index contributed by atoms with van der Waals surface area (Å²) in [5, 5.41) is 9.86. The van der Waals surface area contributed by atoms with Gasteiger partial charge in [-0.05, 0) is 33.6 Å². The first-order valence-corrected chi connectivity index (χ1v) is 6.98. The van der Waals surface area contributed by atoms with Gasteiger partial charge in [-0.1, -0.05) is 0 Å². The Morgan fingerprint density at radius 1 is 1.48 bits per heavy atom. The van der Waals surface area contributed by atoms with Gasteiger partial charge in [-0.3, -0.25) is 0 Å². The Hall–Kier alpha value is -1.80. The maximum Gasteiger partial charge on any atom is 0.346 e. The van der Waals surface area contributed by atoms with Gasteiger partial charge >= 0.3 is 6.03 Å². The Kier molecular flexibility index (Phi) is 4.69. The lowest BCUT2D eigenvalue weighted by Gasteiger charge is -2.25. The zero-order valence-corrected chi connectivity index (χ0v) is 13.3. The highest BCUT2D eigenvalue weighted by molar-refractivity contribution is 9.10. The number of phenols is 1. The van der Waals surface area contributed by atoms with E-state index < -0.39 is 12.1 Å². The van der Waals surface area contributed by atoms with Crippen LogP contribution in [0.15, 0.2) is 21.6 Å². The average molecular weight is 358 g/mol. The third kappa shape index (κ3) is 2.96. The van der Waals surface area contributed by atoms with E-state index >= 15 is 0 Å². The standard InChI is InChI=1S/C13H16BrN3O4/c1-20-4-3-17-10(12(15)16-13(17)19)7-5-8(14)11(18)9(6-7)21-2/h5-6,10,18H,3-4H2,1-2H3,(H2,15,16,19). The summed E-state index contributed by atoms with van der Waals surface area (Å²) in [5.41, 5.74) is 6.57. The van der Waals surface area contributed by atoms with Crippen LogP contribution in [-0.2, 0) is 4.74 Å². The number of benzene rings is 1. The monoisotopic (exact) mass is 357 g/mol. The number of carbonyl (C=O) groups is 1. The third-order valence-corrected chi connectivity index (χ3v) is 3.79. The molecule has 0 bridgehead atoms. The summed E-state index contributed by atoms with van der Waals surface area (Å²) >= 11 is 3.25. The number of nitrogens with two attached hydrogens (primary N) is 1. The molecule has 0 fully saturated rings. The number of ether oxygens (including phenoxy) is 2. The third-order valence-electron chi connectivity index (χ3n) is 3.19. The molecular weight excluding hydrogens is 342 g/mol. The van der Waals surface area contributed by atoms with Crippen LogP contribution in [0.1, 0.15) is 11.6 Å². The molecular formula is C13H16BrN3O4. The maximum atomic E-state index is 11.9. The molecule has 0 saturated heterocycles. The second kappa shape index (κ2) is 6.31. The van der Waals surface area contributed by atoms with Gasteiger partial charge in [0.05, 0.1) is 18.2 Å². The first-order chi connectivity index (χ1) is 9.99. The number of aromatic hydroxyl groups is 1. The molecule has 0 saturated carbocycles. The van der Waals surface area contributed by atoms with Gasteiger partial charge in [0.2, 0.25) is 0 Å². The van der Waals surface area contributed by atoms with E-state index in [1.807, 2.05) is 0 Å². The van der Waals surface area contributed by atoms with Crippen molar-refractivity contribution < 1.29 is 19.4 Å². The number of amides is 2. The molecule has 7 nitrogen and oxygen atoms in total. The van der Waals surface area contributed by atoms with Crippen molar-refractivity contribution in [1.82, 2.24) is 4.90 Å². The summed E-state index contributed by atoms with van der Waals surface area (Å²) in [4.78, 5) is 17.2. The molecule has 1 aromatic carbocycles. The Balaban J connectivity index is 2.40. The van der Waals surface area contributed by atoms with E-state index in [0.717, 1.165) is 0 Å². The fourth-order valence-electron chi connectivity index (χ4n) is 2.18. The zero-order valence-electron chi connectivity index (χ0n) is 11.7. The maximum absolute atomic E-state index is 11.9. The van der Waals surface area contributed by atoms with Gasteiger partial charge in [0.25, 0.3) is 0 Å². The molecule has 0 radical (unpaired) electrons. The number of nitrogens with zero attached hydrogens (tertiary/aromatic N) is 2. The van der Waals surface area contributed by atoms with Crippen LogP contribution in [0.2, 0.25) is 0 Å². The molecule has 1 heterocycles. The van der Waals surface area contributed by atoms with Gasteiger partial charge in [0, 0.05) is 13.7 Å². The summed E-state index contributed by atoms with van der Waals surface area (Å²) < 4.78 is 10.6. The first-order valence-electron chi connectivity index (χ1n) is 6.19. The van der Waals surface area contributed by atoms with Crippen molar-refractivity contribution in [3.8, 4) is 11.5 Å². The van der Waals surface area contributed by atoms with Crippen LogP contribution in [0.5, 0.6) is 11.5 Å². The second-order valence-corrected chi connectivity index (χ2v) is 5.32. The predicted molar refractivity (Wildman–Crippen MR) is 80.7 cm³/mol. The average Bonchev–Trinajstić information content (AvgIpc) is 2.73. The molecule has 1 aliphatic rings. The molecule has 21 heavy (non-hydrogen) atoms. The van der Waals surface area contributed by atoms with E-state index in [-0.39, 0.29) is 11.6 Å². The van der Waals surface area contributed by atoms with Gasteiger partial charge in [-0.15, -0.1) is 0 Å². The number of methoxy groups -OCH3 is 2. The molecule has 114 valence electrons. The molecule has 1 aromatic rings. The van der Waals surface area contributed by atoms with E-state index in [1.54, 1.807) is 19.2 Å². The van der Waals surface area contributed by atoms with Gasteiger partial charge in [0.15, 0.2) is 11.5 Å². The summed E-state index contributed by atoms with van der Waals surface area (Å²) in [6.45, 7) is 0.742. The normalized spacial score (nSPS) is 18.0. The Bertz CT molecular complexity index is 591. The van der Waals surface area contributed by atoms with Crippen molar-refractivity contribution in [3.63, 3.8) is 0 Å². The molecule has 8 heteroatoms. The van der Waals surface area contributed by atoms with E-state index in [9.17, 15) is 9.90 Å². The smallest absolute Gasteiger partial charge is 0.346 e. The van der Waals surface area contributed by atoms with Crippen molar-refractivity contribution in [2.75, 3.05) is 27.4 Å². The van der Waals surface area contributed by atoms with Crippen molar-refractivity contribution >= 4 is 27.8 Å². The van der Waals surface area contributed by atoms with Crippen LogP contribution in [0, 0.1) is 0 Å². The summed E-state index contributed by atoms with van der Waals surface area (Å²) in [6, 6.07) is 2.41. The molecule has 3 N–H and O–H groups in total. The molecule has 1 unspecified atom stereocenters. The van der Waals surface area contributed by atoms with Crippen LogP contribution >= 0.6 is 15.9 Å². The largest absolute Gasteiger partial charge is 0.503 e. The fourth-order valence-corrected chi connectivity index (χ4v) is 2.64. The molecule has 1 aliphatic heterocycles. The molecule has 0 aliphatic carbocycles. The van der Waals surface area contributed by atoms with Crippen LogP contribution in [0.3, 0.4) is 0 Å². The number of phenolic OH excluding ortho intramolecular Hbond substituents is 1. The summed E-state index contributed by atoms with van der Waals surface area (Å²) in [6.07, 6.45) is 0. The number of amidine groups is 1. The van der Waals surface area contributed by atoms with Gasteiger partial charge < -0.3 is 25.2 Å². The molecule has 2 rings (SSSR count). The Morgan fingerprint density at radius 2 is 2.19 bits per heavy atom. The number of halogens is 1. The number of hydrogen-bond donors (Lipinski definition) is 2. The number of carbonyl (C=O) groups excluding carboxylic acids is 1. The Morgan fingerprint density at radius 3 is 2.81 bits per heavy atom. The van der Waals surface area contributed by atoms with Crippen molar-refractivity contribution in [1.29, 1.82) is 0 Å². The minimum absolute atomic E-state index is 0.00970. The lowest BCUT2D eigenvalue weighted by atomic mass is 10.0. The molecule has 0 aromatic heterocycles. The van der Waals surface area contributed by atoms with Crippen LogP contribution in [0.25, 0.3) is 0 Å². The van der Waals surface area contributed by atoms with Crippen LogP contribution in [-0.4, -0.2) is 49.2 Å². The van der Waals surface area contributed by atoms with Crippen molar-refractivity contribution in [3.05, 3.63) is 22.2 Å².